The lowest BCUT2D eigenvalue weighted by Crippen LogP contribution is -2.45. The van der Waals surface area contributed by atoms with Crippen LogP contribution in [0, 0.1) is 5.92 Å². The minimum absolute atomic E-state index is 0.00968. The first-order chi connectivity index (χ1) is 14.0. The van der Waals surface area contributed by atoms with Crippen LogP contribution >= 0.6 is 34.8 Å². The minimum atomic E-state index is -3.95. The third kappa shape index (κ3) is 6.58. The summed E-state index contributed by atoms with van der Waals surface area (Å²) in [6.07, 6.45) is 0. The van der Waals surface area contributed by atoms with Gasteiger partial charge in [-0.1, -0.05) is 66.8 Å². The number of hydrogen-bond donors (Lipinski definition) is 2. The number of rotatable bonds is 8. The van der Waals surface area contributed by atoms with E-state index in [1.807, 2.05) is 0 Å². The van der Waals surface area contributed by atoms with Gasteiger partial charge in [0.05, 0.1) is 25.7 Å². The van der Waals surface area contributed by atoms with Crippen LogP contribution in [0.1, 0.15) is 13.8 Å². The molecule has 7 nitrogen and oxygen atoms in total. The average Bonchev–Trinajstić information content (AvgIpc) is 2.69. The van der Waals surface area contributed by atoms with E-state index in [0.717, 1.165) is 0 Å². The summed E-state index contributed by atoms with van der Waals surface area (Å²) >= 11 is 17.7. The molecule has 0 aliphatic rings. The van der Waals surface area contributed by atoms with Crippen LogP contribution in [0.25, 0.3) is 0 Å². The first-order valence-electron chi connectivity index (χ1n) is 8.69. The summed E-state index contributed by atoms with van der Waals surface area (Å²) in [4.78, 5) is 24.5. The molecule has 2 aromatic carbocycles. The van der Waals surface area contributed by atoms with Crippen molar-refractivity contribution in [1.82, 2.24) is 4.72 Å². The van der Waals surface area contributed by atoms with Crippen molar-refractivity contribution < 1.29 is 22.7 Å². The van der Waals surface area contributed by atoms with Crippen molar-refractivity contribution >= 4 is 62.4 Å². The van der Waals surface area contributed by atoms with Crippen molar-refractivity contribution in [2.45, 2.75) is 24.8 Å². The van der Waals surface area contributed by atoms with Crippen LogP contribution in [0.5, 0.6) is 0 Å². The molecule has 2 rings (SSSR count). The summed E-state index contributed by atoms with van der Waals surface area (Å²) in [5.74, 6) is -2.00. The number of ether oxygens (including phenoxy) is 1. The van der Waals surface area contributed by atoms with Gasteiger partial charge in [0, 0.05) is 0 Å². The van der Waals surface area contributed by atoms with E-state index in [1.165, 1.54) is 24.3 Å². The molecule has 2 N–H and O–H groups in total. The number of nitrogens with one attached hydrogen (secondary N) is 2. The molecule has 162 valence electrons. The van der Waals surface area contributed by atoms with Crippen LogP contribution in [0.3, 0.4) is 0 Å². The average molecular weight is 494 g/mol. The fourth-order valence-corrected chi connectivity index (χ4v) is 4.27. The zero-order chi connectivity index (χ0) is 22.5. The van der Waals surface area contributed by atoms with E-state index >= 15 is 0 Å². The fraction of sp³-hybridized carbons (Fsp3) is 0.263. The van der Waals surface area contributed by atoms with Crippen molar-refractivity contribution in [2.24, 2.45) is 5.92 Å². The third-order valence-corrected chi connectivity index (χ3v) is 6.38. The fourth-order valence-electron chi connectivity index (χ4n) is 2.32. The van der Waals surface area contributed by atoms with Crippen molar-refractivity contribution in [2.75, 3.05) is 11.9 Å². The van der Waals surface area contributed by atoms with Gasteiger partial charge in [-0.3, -0.25) is 9.59 Å². The summed E-state index contributed by atoms with van der Waals surface area (Å²) in [5, 5.41) is 3.00. The molecule has 0 bridgehead atoms. The number of anilines is 1. The quantitative estimate of drug-likeness (QED) is 0.425. The van der Waals surface area contributed by atoms with Crippen molar-refractivity contribution in [3.8, 4) is 0 Å². The number of carbonyl (C=O) groups is 2. The Morgan fingerprint density at radius 1 is 1.00 bits per heavy atom. The molecular formula is C19H19Cl3N2O5S. The number of carbonyl (C=O) groups excluding carboxylic acids is 2. The Morgan fingerprint density at radius 3 is 2.20 bits per heavy atom. The molecule has 2 aromatic rings. The third-order valence-electron chi connectivity index (χ3n) is 3.89. The molecule has 0 fully saturated rings. The molecule has 30 heavy (non-hydrogen) atoms. The van der Waals surface area contributed by atoms with Gasteiger partial charge in [0.25, 0.3) is 5.91 Å². The van der Waals surface area contributed by atoms with Gasteiger partial charge in [0.15, 0.2) is 6.61 Å². The predicted octanol–water partition coefficient (Wildman–Crippen LogP) is 4.13. The van der Waals surface area contributed by atoms with Crippen LogP contribution in [0.4, 0.5) is 5.69 Å². The maximum atomic E-state index is 12.5. The molecule has 1 atom stereocenters. The molecule has 0 saturated heterocycles. The van der Waals surface area contributed by atoms with E-state index in [4.69, 9.17) is 39.5 Å². The van der Waals surface area contributed by atoms with Gasteiger partial charge < -0.3 is 10.1 Å². The lowest BCUT2D eigenvalue weighted by atomic mass is 10.1. The van der Waals surface area contributed by atoms with Gasteiger partial charge in [-0.05, 0) is 30.2 Å². The van der Waals surface area contributed by atoms with Gasteiger partial charge in [0.2, 0.25) is 10.0 Å². The zero-order valence-corrected chi connectivity index (χ0v) is 19.1. The Bertz CT molecular complexity index is 1030. The maximum Gasteiger partial charge on any atom is 0.324 e. The number of hydrogen-bond acceptors (Lipinski definition) is 5. The Balaban J connectivity index is 2.02. The molecule has 0 aliphatic carbocycles. The first kappa shape index (κ1) is 24.4. The van der Waals surface area contributed by atoms with E-state index < -0.39 is 40.5 Å². The molecule has 0 heterocycles. The number of benzene rings is 2. The highest BCUT2D eigenvalue weighted by Crippen LogP contribution is 2.32. The van der Waals surface area contributed by atoms with E-state index in [0.29, 0.717) is 0 Å². The summed E-state index contributed by atoms with van der Waals surface area (Å²) in [6, 6.07) is 9.14. The van der Waals surface area contributed by atoms with Gasteiger partial charge in [-0.25, -0.2) is 8.42 Å². The van der Waals surface area contributed by atoms with E-state index in [2.05, 4.69) is 10.0 Å². The second-order valence-corrected chi connectivity index (χ2v) is 9.49. The lowest BCUT2D eigenvalue weighted by molar-refractivity contribution is -0.150. The largest absolute Gasteiger partial charge is 0.454 e. The second kappa shape index (κ2) is 10.5. The van der Waals surface area contributed by atoms with Crippen LogP contribution in [-0.4, -0.2) is 32.9 Å². The number of sulfonamides is 1. The maximum absolute atomic E-state index is 12.5. The standard InChI is InChI=1S/C19H19Cl3N2O5S/c1-11(2)18(24-30(27,28)12-6-4-3-5-7-12)19(26)29-10-17(25)23-16-9-14(21)13(20)8-15(16)22/h3-9,11,18,24H,10H2,1-2H3,(H,23,25). The van der Waals surface area contributed by atoms with Gasteiger partial charge in [-0.15, -0.1) is 0 Å². The highest BCUT2D eigenvalue weighted by atomic mass is 35.5. The molecule has 0 aromatic heterocycles. The van der Waals surface area contributed by atoms with Crippen LogP contribution in [0.2, 0.25) is 15.1 Å². The smallest absolute Gasteiger partial charge is 0.324 e. The molecule has 0 radical (unpaired) electrons. The van der Waals surface area contributed by atoms with E-state index in [1.54, 1.807) is 32.0 Å². The van der Waals surface area contributed by atoms with Crippen molar-refractivity contribution in [3.05, 3.63) is 57.5 Å². The molecule has 0 spiro atoms. The van der Waals surface area contributed by atoms with Gasteiger partial charge in [0.1, 0.15) is 6.04 Å². The highest BCUT2D eigenvalue weighted by Gasteiger charge is 2.30. The van der Waals surface area contributed by atoms with Gasteiger partial charge >= 0.3 is 5.97 Å². The summed E-state index contributed by atoms with van der Waals surface area (Å²) in [5.41, 5.74) is 0.192. The van der Waals surface area contributed by atoms with Crippen molar-refractivity contribution in [3.63, 3.8) is 0 Å². The Labute approximate surface area is 189 Å². The Morgan fingerprint density at radius 2 is 1.60 bits per heavy atom. The van der Waals surface area contributed by atoms with Crippen LogP contribution in [-0.2, 0) is 24.3 Å². The Hall–Kier alpha value is -1.84. The number of halogens is 3. The summed E-state index contributed by atoms with van der Waals surface area (Å²) in [6.45, 7) is 2.65. The van der Waals surface area contributed by atoms with Gasteiger partial charge in [-0.2, -0.15) is 4.72 Å². The predicted molar refractivity (Wildman–Crippen MR) is 116 cm³/mol. The zero-order valence-electron chi connectivity index (χ0n) is 16.0. The number of esters is 1. The molecule has 1 unspecified atom stereocenters. The van der Waals surface area contributed by atoms with E-state index in [9.17, 15) is 18.0 Å². The molecule has 1 amide bonds. The number of amides is 1. The Kier molecular flexibility index (Phi) is 8.52. The molecule has 0 aliphatic heterocycles. The highest BCUT2D eigenvalue weighted by molar-refractivity contribution is 7.89. The molecular weight excluding hydrogens is 475 g/mol. The first-order valence-corrected chi connectivity index (χ1v) is 11.3. The van der Waals surface area contributed by atoms with Crippen LogP contribution in [0.15, 0.2) is 47.4 Å². The second-order valence-electron chi connectivity index (χ2n) is 6.56. The van der Waals surface area contributed by atoms with Crippen molar-refractivity contribution in [1.29, 1.82) is 0 Å². The van der Waals surface area contributed by atoms with E-state index in [-0.39, 0.29) is 25.7 Å². The SMILES string of the molecule is CC(C)C(NS(=O)(=O)c1ccccc1)C(=O)OCC(=O)Nc1cc(Cl)c(Cl)cc1Cl. The summed E-state index contributed by atoms with van der Waals surface area (Å²) in [7, 11) is -3.95. The van der Waals surface area contributed by atoms with Crippen LogP contribution < -0.4 is 10.0 Å². The summed E-state index contributed by atoms with van der Waals surface area (Å²) < 4.78 is 32.3. The normalized spacial score (nSPS) is 12.5. The topological polar surface area (TPSA) is 102 Å². The minimum Gasteiger partial charge on any atom is -0.454 e. The molecule has 11 heteroatoms. The lowest BCUT2D eigenvalue weighted by Gasteiger charge is -2.20. The molecule has 0 saturated carbocycles. The monoisotopic (exact) mass is 492 g/mol.